The Labute approximate surface area is 294 Å². The lowest BCUT2D eigenvalue weighted by Gasteiger charge is -2.26. The lowest BCUT2D eigenvalue weighted by atomic mass is 9.95. The Kier molecular flexibility index (Phi) is 17.0. The molecule has 3 aromatic rings. The van der Waals surface area contributed by atoms with Gasteiger partial charge in [-0.15, -0.1) is 0 Å². The van der Waals surface area contributed by atoms with E-state index in [2.05, 4.69) is 20.8 Å². The number of aromatic amines is 1. The molecule has 4 rings (SSSR count). The van der Waals surface area contributed by atoms with E-state index in [0.29, 0.717) is 35.8 Å². The van der Waals surface area contributed by atoms with Crippen molar-refractivity contribution in [2.75, 3.05) is 31.7 Å². The molecule has 2 heterocycles. The standard InChI is InChI=1S/C23H26FN5O2S.3C2HF3O2/c1-29(2)7-8-32(31)22-11-15(18-13-26-27-14-18)4-6-20(22)28-23(30)21-10-17-9-19(24)5-3-16(17)12-25-21;3*3-2(4,5)1(6)7/h3-6,9,11,13-14,21,25H,7-8,10,12H2,1-2H3,(H,26,27)(H,28,30);3*(H,6,7)/t21-,32?;;;/m0.../s1. The summed E-state index contributed by atoms with van der Waals surface area (Å²) in [7, 11) is 2.55. The van der Waals surface area contributed by atoms with Crippen LogP contribution in [0.4, 0.5) is 49.6 Å². The van der Waals surface area contributed by atoms with Crippen molar-refractivity contribution in [3.8, 4) is 11.1 Å². The summed E-state index contributed by atoms with van der Waals surface area (Å²) < 4.78 is 122. The number of benzene rings is 2. The van der Waals surface area contributed by atoms with Gasteiger partial charge in [-0.05, 0) is 61.5 Å². The summed E-state index contributed by atoms with van der Waals surface area (Å²) in [4.78, 5) is 42.3. The molecule has 1 aromatic heterocycles. The van der Waals surface area contributed by atoms with Gasteiger partial charge in [0.15, 0.2) is 0 Å². The monoisotopic (exact) mass is 797 g/mol. The van der Waals surface area contributed by atoms with Crippen molar-refractivity contribution >= 4 is 40.3 Å². The number of nitrogens with one attached hydrogen (secondary N) is 3. The number of amides is 1. The molecule has 1 amide bonds. The molecule has 294 valence electrons. The lowest BCUT2D eigenvalue weighted by molar-refractivity contribution is -0.193. The predicted molar refractivity (Wildman–Crippen MR) is 164 cm³/mol. The van der Waals surface area contributed by atoms with Gasteiger partial charge in [0, 0.05) is 30.6 Å². The van der Waals surface area contributed by atoms with Gasteiger partial charge in [-0.3, -0.25) is 14.1 Å². The van der Waals surface area contributed by atoms with Crippen LogP contribution in [0.15, 0.2) is 53.7 Å². The molecule has 1 aliphatic heterocycles. The molecule has 53 heavy (non-hydrogen) atoms. The van der Waals surface area contributed by atoms with E-state index < -0.39 is 53.3 Å². The summed E-state index contributed by atoms with van der Waals surface area (Å²) in [5.74, 6) is -8.37. The number of alkyl halides is 9. The molecule has 0 bridgehead atoms. The molecule has 13 nitrogen and oxygen atoms in total. The van der Waals surface area contributed by atoms with Crippen molar-refractivity contribution in [3.05, 3.63) is 65.7 Å². The molecule has 1 aliphatic rings. The Balaban J connectivity index is 0.000000545. The van der Waals surface area contributed by atoms with Crippen molar-refractivity contribution in [1.82, 2.24) is 20.4 Å². The molecule has 6 N–H and O–H groups in total. The van der Waals surface area contributed by atoms with Gasteiger partial charge in [0.1, 0.15) is 5.82 Å². The highest BCUT2D eigenvalue weighted by molar-refractivity contribution is 7.85. The number of carbonyl (C=O) groups is 4. The molecule has 0 saturated heterocycles. The van der Waals surface area contributed by atoms with Gasteiger partial charge < -0.3 is 30.9 Å². The summed E-state index contributed by atoms with van der Waals surface area (Å²) >= 11 is 0. The average Bonchev–Trinajstić information content (AvgIpc) is 3.58. The second kappa shape index (κ2) is 19.7. The third-order valence-electron chi connectivity index (χ3n) is 6.22. The number of hydrogen-bond donors (Lipinski definition) is 6. The summed E-state index contributed by atoms with van der Waals surface area (Å²) in [5, 5.41) is 34.3. The van der Waals surface area contributed by atoms with Crippen molar-refractivity contribution in [1.29, 1.82) is 0 Å². The molecular formula is C29H29F10N5O8S. The number of rotatable bonds is 7. The van der Waals surface area contributed by atoms with Gasteiger partial charge in [-0.2, -0.15) is 44.6 Å². The molecule has 0 aliphatic carbocycles. The maximum atomic E-state index is 13.6. The number of nitrogens with zero attached hydrogens (tertiary/aromatic N) is 2. The highest BCUT2D eigenvalue weighted by Gasteiger charge is 2.39. The number of carboxylic acid groups (broad SMARTS) is 3. The molecule has 0 radical (unpaired) electrons. The van der Waals surface area contributed by atoms with E-state index in [1.54, 1.807) is 24.5 Å². The number of aromatic nitrogens is 2. The van der Waals surface area contributed by atoms with E-state index in [-0.39, 0.29) is 11.7 Å². The molecule has 2 atom stereocenters. The van der Waals surface area contributed by atoms with Gasteiger partial charge in [-0.25, -0.2) is 18.8 Å². The summed E-state index contributed by atoms with van der Waals surface area (Å²) in [6, 6.07) is 9.64. The van der Waals surface area contributed by atoms with E-state index in [0.717, 1.165) is 22.3 Å². The Hall–Kier alpha value is -5.10. The van der Waals surface area contributed by atoms with Crippen LogP contribution >= 0.6 is 0 Å². The number of carboxylic acids is 3. The molecule has 24 heteroatoms. The van der Waals surface area contributed by atoms with E-state index in [4.69, 9.17) is 29.7 Å². The van der Waals surface area contributed by atoms with Crippen LogP contribution in [0.25, 0.3) is 11.1 Å². The zero-order chi connectivity index (χ0) is 40.9. The average molecular weight is 798 g/mol. The second-order valence-corrected chi connectivity index (χ2v) is 12.0. The number of hydrogen-bond acceptors (Lipinski definition) is 8. The maximum absolute atomic E-state index is 13.6. The zero-order valence-corrected chi connectivity index (χ0v) is 27.8. The fourth-order valence-electron chi connectivity index (χ4n) is 3.67. The lowest BCUT2D eigenvalue weighted by Crippen LogP contribution is -2.44. The highest BCUT2D eigenvalue weighted by Crippen LogP contribution is 2.28. The van der Waals surface area contributed by atoms with Crippen LogP contribution < -0.4 is 10.6 Å². The maximum Gasteiger partial charge on any atom is 0.490 e. The number of fused-ring (bicyclic) bond motifs is 1. The summed E-state index contributed by atoms with van der Waals surface area (Å²) in [5.41, 5.74) is 4.08. The van der Waals surface area contributed by atoms with Crippen molar-refractivity contribution in [3.63, 3.8) is 0 Å². The SMILES string of the molecule is CN(C)CCS(=O)c1cc(-c2cn[nH]c2)ccc1NC(=O)[C@@H]1Cc2cc(F)ccc2CN1.O=C(O)C(F)(F)F.O=C(O)C(F)(F)F.O=C(O)C(F)(F)F. The minimum atomic E-state index is -5.08. The second-order valence-electron chi connectivity index (χ2n) is 10.5. The minimum Gasteiger partial charge on any atom is -0.475 e. The van der Waals surface area contributed by atoms with Crippen LogP contribution in [-0.2, 0) is 42.9 Å². The molecule has 0 fully saturated rings. The Morgan fingerprint density at radius 2 is 1.38 bits per heavy atom. The van der Waals surface area contributed by atoms with Crippen LogP contribution in [0, 0.1) is 5.82 Å². The first kappa shape index (κ1) is 45.9. The first-order valence-corrected chi connectivity index (χ1v) is 15.4. The Morgan fingerprint density at radius 3 is 1.83 bits per heavy atom. The Morgan fingerprint density at radius 1 is 0.849 bits per heavy atom. The number of aliphatic carboxylic acids is 3. The summed E-state index contributed by atoms with van der Waals surface area (Å²) in [6.45, 7) is 1.15. The van der Waals surface area contributed by atoms with Gasteiger partial charge >= 0.3 is 36.4 Å². The Bertz CT molecular complexity index is 1680. The molecule has 0 saturated carbocycles. The fraction of sp³-hybridized carbons (Fsp3) is 0.345. The number of halogens is 10. The highest BCUT2D eigenvalue weighted by atomic mass is 32.2. The third kappa shape index (κ3) is 16.4. The fourth-order valence-corrected chi connectivity index (χ4v) is 5.04. The number of anilines is 1. The van der Waals surface area contributed by atoms with Gasteiger partial charge in [0.05, 0.1) is 33.6 Å². The molecule has 0 spiro atoms. The summed E-state index contributed by atoms with van der Waals surface area (Å²) in [6.07, 6.45) is -11.4. The van der Waals surface area contributed by atoms with E-state index in [1.165, 1.54) is 12.1 Å². The molecular weight excluding hydrogens is 768 g/mol. The van der Waals surface area contributed by atoms with E-state index >= 15 is 0 Å². The minimum absolute atomic E-state index is 0.234. The number of carbonyl (C=O) groups excluding carboxylic acids is 1. The normalized spacial score (nSPS) is 14.5. The van der Waals surface area contributed by atoms with E-state index in [1.807, 2.05) is 31.1 Å². The topological polar surface area (TPSA) is 202 Å². The van der Waals surface area contributed by atoms with E-state index in [9.17, 15) is 52.9 Å². The zero-order valence-electron chi connectivity index (χ0n) is 27.0. The van der Waals surface area contributed by atoms with Crippen molar-refractivity contribution in [2.24, 2.45) is 0 Å². The van der Waals surface area contributed by atoms with Crippen LogP contribution in [0.3, 0.4) is 0 Å². The van der Waals surface area contributed by atoms with Gasteiger partial charge in [0.25, 0.3) is 0 Å². The van der Waals surface area contributed by atoms with Crippen molar-refractivity contribution < 1.29 is 82.6 Å². The van der Waals surface area contributed by atoms with Gasteiger partial charge in [0.2, 0.25) is 5.91 Å². The van der Waals surface area contributed by atoms with Crippen LogP contribution in [-0.4, -0.2) is 109 Å². The first-order valence-electron chi connectivity index (χ1n) is 14.1. The predicted octanol–water partition coefficient (Wildman–Crippen LogP) is 4.44. The molecule has 2 aromatic carbocycles. The quantitative estimate of drug-likeness (QED) is 0.185. The van der Waals surface area contributed by atoms with Gasteiger partial charge in [-0.1, -0.05) is 12.1 Å². The smallest absolute Gasteiger partial charge is 0.475 e. The first-order chi connectivity index (χ1) is 24.2. The van der Waals surface area contributed by atoms with Crippen molar-refractivity contribution in [2.45, 2.75) is 42.4 Å². The largest absolute Gasteiger partial charge is 0.490 e. The van der Waals surface area contributed by atoms with Crippen LogP contribution in [0.5, 0.6) is 0 Å². The van der Waals surface area contributed by atoms with Crippen LogP contribution in [0.2, 0.25) is 0 Å². The number of H-pyrrole nitrogens is 1. The third-order valence-corrected chi connectivity index (χ3v) is 7.60. The molecule has 1 unspecified atom stereocenters. The van der Waals surface area contributed by atoms with Crippen LogP contribution in [0.1, 0.15) is 11.1 Å².